The van der Waals surface area contributed by atoms with Crippen molar-refractivity contribution in [3.8, 4) is 0 Å². The van der Waals surface area contributed by atoms with Crippen molar-refractivity contribution < 1.29 is 5.11 Å². The molecule has 1 saturated heterocycles. The third-order valence-corrected chi connectivity index (χ3v) is 3.31. The van der Waals surface area contributed by atoms with E-state index in [9.17, 15) is 0 Å². The number of hydrogen-bond acceptors (Lipinski definition) is 2. The summed E-state index contributed by atoms with van der Waals surface area (Å²) in [6.07, 6.45) is 6.75. The fourth-order valence-corrected chi connectivity index (χ4v) is 2.20. The van der Waals surface area contributed by atoms with Gasteiger partial charge in [0.2, 0.25) is 0 Å². The Labute approximate surface area is 74.4 Å². The molecule has 2 aliphatic rings. The third kappa shape index (κ3) is 1.99. The Hall–Kier alpha value is -0.0800. The van der Waals surface area contributed by atoms with Crippen LogP contribution in [0.3, 0.4) is 0 Å². The number of aliphatic hydroxyl groups excluding tert-OH is 1. The summed E-state index contributed by atoms with van der Waals surface area (Å²) in [5, 5.41) is 12.6. The van der Waals surface area contributed by atoms with Crippen molar-refractivity contribution in [1.29, 1.82) is 0 Å². The highest BCUT2D eigenvalue weighted by atomic mass is 16.3. The lowest BCUT2D eigenvalue weighted by molar-refractivity contribution is 0.208. The summed E-state index contributed by atoms with van der Waals surface area (Å²) in [6.45, 7) is 1.49. The molecule has 0 aromatic heterocycles. The van der Waals surface area contributed by atoms with Gasteiger partial charge in [0.25, 0.3) is 0 Å². The minimum absolute atomic E-state index is 0.377. The molecular formula is C10H19NO. The van der Waals surface area contributed by atoms with Gasteiger partial charge in [-0.05, 0) is 37.6 Å². The highest BCUT2D eigenvalue weighted by Crippen LogP contribution is 2.35. The summed E-state index contributed by atoms with van der Waals surface area (Å²) in [5.74, 6) is 1.58. The summed E-state index contributed by atoms with van der Waals surface area (Å²) in [4.78, 5) is 0. The van der Waals surface area contributed by atoms with Gasteiger partial charge in [-0.1, -0.05) is 12.8 Å². The molecular weight excluding hydrogens is 150 g/mol. The second-order valence-electron chi connectivity index (χ2n) is 4.31. The fourth-order valence-electron chi connectivity index (χ4n) is 2.20. The zero-order valence-electron chi connectivity index (χ0n) is 7.63. The van der Waals surface area contributed by atoms with Crippen molar-refractivity contribution in [1.82, 2.24) is 5.32 Å². The third-order valence-electron chi connectivity index (χ3n) is 3.31. The number of rotatable bonds is 4. The van der Waals surface area contributed by atoms with Crippen molar-refractivity contribution >= 4 is 0 Å². The Morgan fingerprint density at radius 3 is 2.67 bits per heavy atom. The van der Waals surface area contributed by atoms with E-state index in [4.69, 9.17) is 5.11 Å². The molecule has 2 N–H and O–H groups in total. The zero-order chi connectivity index (χ0) is 8.39. The van der Waals surface area contributed by atoms with Gasteiger partial charge in [0.15, 0.2) is 0 Å². The summed E-state index contributed by atoms with van der Waals surface area (Å²) >= 11 is 0. The molecule has 0 spiro atoms. The smallest absolute Gasteiger partial charge is 0.0474 e. The number of hydrogen-bond donors (Lipinski definition) is 2. The van der Waals surface area contributed by atoms with E-state index in [2.05, 4.69) is 5.32 Å². The van der Waals surface area contributed by atoms with Crippen LogP contribution >= 0.6 is 0 Å². The largest absolute Gasteiger partial charge is 0.396 e. The minimum atomic E-state index is 0.377. The van der Waals surface area contributed by atoms with Crippen molar-refractivity contribution in [3.63, 3.8) is 0 Å². The van der Waals surface area contributed by atoms with Gasteiger partial charge in [-0.25, -0.2) is 0 Å². The van der Waals surface area contributed by atoms with Crippen LogP contribution < -0.4 is 5.32 Å². The molecule has 2 rings (SSSR count). The first kappa shape index (κ1) is 8.52. The molecule has 0 amide bonds. The number of nitrogens with one attached hydrogen (secondary N) is 1. The first-order chi connectivity index (χ1) is 5.90. The summed E-state index contributed by atoms with van der Waals surface area (Å²) in [5.41, 5.74) is 0. The Kier molecular flexibility index (Phi) is 2.66. The molecule has 2 atom stereocenters. The van der Waals surface area contributed by atoms with Crippen LogP contribution in [0.2, 0.25) is 0 Å². The average molecular weight is 169 g/mol. The summed E-state index contributed by atoms with van der Waals surface area (Å²) in [7, 11) is 0. The van der Waals surface area contributed by atoms with Gasteiger partial charge in [-0.3, -0.25) is 0 Å². The van der Waals surface area contributed by atoms with E-state index in [1.807, 2.05) is 0 Å². The summed E-state index contributed by atoms with van der Waals surface area (Å²) in [6, 6.07) is 0.621. The van der Waals surface area contributed by atoms with E-state index < -0.39 is 0 Å². The first-order valence-corrected chi connectivity index (χ1v) is 5.24. The maximum Gasteiger partial charge on any atom is 0.0474 e. The fraction of sp³-hybridized carbons (Fsp3) is 1.00. The topological polar surface area (TPSA) is 32.3 Å². The van der Waals surface area contributed by atoms with E-state index in [1.165, 1.54) is 32.1 Å². The molecule has 0 aromatic carbocycles. The van der Waals surface area contributed by atoms with Gasteiger partial charge >= 0.3 is 0 Å². The molecule has 1 aliphatic heterocycles. The van der Waals surface area contributed by atoms with Crippen LogP contribution in [0.25, 0.3) is 0 Å². The van der Waals surface area contributed by atoms with Crippen LogP contribution in [-0.2, 0) is 0 Å². The average Bonchev–Trinajstić information content (AvgIpc) is 2.81. The standard InChI is InChI=1S/C10H19NO/c12-7-9-5-6-11-10(9)4-3-8-1-2-8/h8-12H,1-7H2. The van der Waals surface area contributed by atoms with Crippen LogP contribution in [-0.4, -0.2) is 24.3 Å². The molecule has 0 aromatic rings. The molecule has 70 valence electrons. The van der Waals surface area contributed by atoms with Gasteiger partial charge in [0, 0.05) is 12.6 Å². The molecule has 2 fully saturated rings. The first-order valence-electron chi connectivity index (χ1n) is 5.24. The van der Waals surface area contributed by atoms with Crippen molar-refractivity contribution in [2.45, 2.75) is 38.1 Å². The van der Waals surface area contributed by atoms with Crippen LogP contribution in [0.5, 0.6) is 0 Å². The Balaban J connectivity index is 1.69. The Bertz CT molecular complexity index is 145. The van der Waals surface area contributed by atoms with Crippen LogP contribution in [0.1, 0.15) is 32.1 Å². The highest BCUT2D eigenvalue weighted by Gasteiger charge is 2.28. The predicted octanol–water partition coefficient (Wildman–Crippen LogP) is 1.15. The van der Waals surface area contributed by atoms with Gasteiger partial charge < -0.3 is 10.4 Å². The Morgan fingerprint density at radius 2 is 2.00 bits per heavy atom. The van der Waals surface area contributed by atoms with Crippen molar-refractivity contribution in [3.05, 3.63) is 0 Å². The quantitative estimate of drug-likeness (QED) is 0.661. The molecule has 1 aliphatic carbocycles. The molecule has 0 bridgehead atoms. The predicted molar refractivity (Wildman–Crippen MR) is 48.9 cm³/mol. The highest BCUT2D eigenvalue weighted by molar-refractivity contribution is 4.85. The van der Waals surface area contributed by atoms with E-state index in [0.717, 1.165) is 12.5 Å². The molecule has 12 heavy (non-hydrogen) atoms. The van der Waals surface area contributed by atoms with Gasteiger partial charge in [-0.2, -0.15) is 0 Å². The van der Waals surface area contributed by atoms with Crippen LogP contribution in [0, 0.1) is 11.8 Å². The van der Waals surface area contributed by atoms with E-state index >= 15 is 0 Å². The maximum absolute atomic E-state index is 9.08. The zero-order valence-corrected chi connectivity index (χ0v) is 7.63. The molecule has 2 unspecified atom stereocenters. The molecule has 2 nitrogen and oxygen atoms in total. The lowest BCUT2D eigenvalue weighted by atomic mass is 9.97. The van der Waals surface area contributed by atoms with Crippen LogP contribution in [0.4, 0.5) is 0 Å². The van der Waals surface area contributed by atoms with Gasteiger partial charge in [0.1, 0.15) is 0 Å². The molecule has 2 heteroatoms. The molecule has 1 heterocycles. The molecule has 0 radical (unpaired) electrons. The van der Waals surface area contributed by atoms with Gasteiger partial charge in [0.05, 0.1) is 0 Å². The lowest BCUT2D eigenvalue weighted by Gasteiger charge is -2.16. The lowest BCUT2D eigenvalue weighted by Crippen LogP contribution is -2.28. The second-order valence-corrected chi connectivity index (χ2v) is 4.31. The number of aliphatic hydroxyl groups is 1. The van der Waals surface area contributed by atoms with E-state index in [0.29, 0.717) is 18.6 Å². The maximum atomic E-state index is 9.08. The monoisotopic (exact) mass is 169 g/mol. The minimum Gasteiger partial charge on any atom is -0.396 e. The summed E-state index contributed by atoms with van der Waals surface area (Å²) < 4.78 is 0. The Morgan fingerprint density at radius 1 is 1.17 bits per heavy atom. The normalized spacial score (nSPS) is 35.8. The SMILES string of the molecule is OCC1CCNC1CCC1CC1. The van der Waals surface area contributed by atoms with E-state index in [-0.39, 0.29) is 0 Å². The van der Waals surface area contributed by atoms with Gasteiger partial charge in [-0.15, -0.1) is 0 Å². The van der Waals surface area contributed by atoms with E-state index in [1.54, 1.807) is 0 Å². The second kappa shape index (κ2) is 3.75. The van der Waals surface area contributed by atoms with Crippen LogP contribution in [0.15, 0.2) is 0 Å². The van der Waals surface area contributed by atoms with Crippen molar-refractivity contribution in [2.75, 3.05) is 13.2 Å². The van der Waals surface area contributed by atoms with Crippen molar-refractivity contribution in [2.24, 2.45) is 11.8 Å². The molecule has 1 saturated carbocycles.